The highest BCUT2D eigenvalue weighted by Crippen LogP contribution is 2.21. The van der Waals surface area contributed by atoms with Gasteiger partial charge in [0.05, 0.1) is 0 Å². The second kappa shape index (κ2) is 5.45. The van der Waals surface area contributed by atoms with Gasteiger partial charge >= 0.3 is 0 Å². The number of nitrogens with one attached hydrogen (secondary N) is 2. The Morgan fingerprint density at radius 1 is 1.37 bits per heavy atom. The Bertz CT molecular complexity index is 572. The van der Waals surface area contributed by atoms with E-state index in [1.165, 1.54) is 0 Å². The first kappa shape index (κ1) is 13.6. The van der Waals surface area contributed by atoms with E-state index in [0.29, 0.717) is 19.5 Å². The fourth-order valence-corrected chi connectivity index (χ4v) is 2.17. The van der Waals surface area contributed by atoms with Crippen LogP contribution in [0.3, 0.4) is 0 Å². The molecule has 4 nitrogen and oxygen atoms in total. The fourth-order valence-electron chi connectivity index (χ4n) is 2.17. The minimum atomic E-state index is -0.416. The van der Waals surface area contributed by atoms with Crippen molar-refractivity contribution in [1.29, 1.82) is 0 Å². The number of benzene rings is 1. The van der Waals surface area contributed by atoms with E-state index in [9.17, 15) is 4.79 Å². The first-order chi connectivity index (χ1) is 9.04. The summed E-state index contributed by atoms with van der Waals surface area (Å²) in [6, 6.07) is 8.07. The van der Waals surface area contributed by atoms with Crippen LogP contribution in [0.2, 0.25) is 0 Å². The van der Waals surface area contributed by atoms with Crippen molar-refractivity contribution < 1.29 is 4.79 Å². The number of H-pyrrole nitrogens is 1. The Morgan fingerprint density at radius 2 is 2.11 bits per heavy atom. The van der Waals surface area contributed by atoms with Crippen LogP contribution in [0.4, 0.5) is 0 Å². The van der Waals surface area contributed by atoms with Crippen molar-refractivity contribution in [2.24, 2.45) is 11.1 Å². The lowest BCUT2D eigenvalue weighted by molar-refractivity contribution is -0.129. The number of aromatic nitrogens is 1. The molecule has 1 aromatic carbocycles. The predicted octanol–water partition coefficient (Wildman–Crippen LogP) is 2.16. The summed E-state index contributed by atoms with van der Waals surface area (Å²) >= 11 is 0. The van der Waals surface area contributed by atoms with Crippen LogP contribution in [-0.4, -0.2) is 17.4 Å². The van der Waals surface area contributed by atoms with Crippen LogP contribution in [0.5, 0.6) is 0 Å². The highest BCUT2D eigenvalue weighted by Gasteiger charge is 2.26. The van der Waals surface area contributed by atoms with Crippen LogP contribution in [0.15, 0.2) is 30.5 Å². The molecular weight excluding hydrogens is 238 g/mol. The number of hydrogen-bond acceptors (Lipinski definition) is 2. The molecule has 2 aromatic rings. The highest BCUT2D eigenvalue weighted by atomic mass is 16.2. The van der Waals surface area contributed by atoms with Crippen LogP contribution >= 0.6 is 0 Å². The number of fused-ring (bicyclic) bond motifs is 1. The standard InChI is InChI=1S/C15H21N3O/c1-15(2,7-8-16)14(19)18-10-11-9-17-13-6-4-3-5-12(11)13/h3-6,9,17H,7-8,10,16H2,1-2H3,(H,18,19). The summed E-state index contributed by atoms with van der Waals surface area (Å²) in [7, 11) is 0. The van der Waals surface area contributed by atoms with Crippen LogP contribution in [0, 0.1) is 5.41 Å². The van der Waals surface area contributed by atoms with Gasteiger partial charge in [-0.15, -0.1) is 0 Å². The number of para-hydroxylation sites is 1. The summed E-state index contributed by atoms with van der Waals surface area (Å²) in [5, 5.41) is 4.14. The average molecular weight is 259 g/mol. The molecule has 102 valence electrons. The zero-order chi connectivity index (χ0) is 13.9. The monoisotopic (exact) mass is 259 g/mol. The molecule has 0 aliphatic carbocycles. The van der Waals surface area contributed by atoms with E-state index in [-0.39, 0.29) is 5.91 Å². The molecule has 0 saturated carbocycles. The third-order valence-electron chi connectivity index (χ3n) is 3.50. The van der Waals surface area contributed by atoms with Gasteiger partial charge in [0.1, 0.15) is 0 Å². The summed E-state index contributed by atoms with van der Waals surface area (Å²) in [4.78, 5) is 15.3. The zero-order valence-corrected chi connectivity index (χ0v) is 11.5. The summed E-state index contributed by atoms with van der Waals surface area (Å²) in [6.45, 7) is 4.90. The van der Waals surface area contributed by atoms with Gasteiger partial charge in [0.2, 0.25) is 5.91 Å². The molecule has 0 atom stereocenters. The lowest BCUT2D eigenvalue weighted by Gasteiger charge is -2.22. The summed E-state index contributed by atoms with van der Waals surface area (Å²) < 4.78 is 0. The molecule has 0 unspecified atom stereocenters. The Hall–Kier alpha value is -1.81. The van der Waals surface area contributed by atoms with Gasteiger partial charge in [-0.05, 0) is 24.6 Å². The number of nitrogens with two attached hydrogens (primary N) is 1. The molecule has 1 aromatic heterocycles. The van der Waals surface area contributed by atoms with E-state index >= 15 is 0 Å². The van der Waals surface area contributed by atoms with Gasteiger partial charge in [0.25, 0.3) is 0 Å². The van der Waals surface area contributed by atoms with Gasteiger partial charge in [-0.3, -0.25) is 4.79 Å². The topological polar surface area (TPSA) is 70.9 Å². The van der Waals surface area contributed by atoms with Crippen molar-refractivity contribution in [3.63, 3.8) is 0 Å². The molecule has 0 spiro atoms. The molecule has 19 heavy (non-hydrogen) atoms. The first-order valence-corrected chi connectivity index (χ1v) is 6.58. The molecule has 0 aliphatic rings. The van der Waals surface area contributed by atoms with Crippen molar-refractivity contribution >= 4 is 16.8 Å². The van der Waals surface area contributed by atoms with Crippen LogP contribution < -0.4 is 11.1 Å². The Labute approximate surface area is 113 Å². The lowest BCUT2D eigenvalue weighted by Crippen LogP contribution is -2.37. The van der Waals surface area contributed by atoms with Gasteiger partial charge in [0.15, 0.2) is 0 Å². The number of rotatable bonds is 5. The van der Waals surface area contributed by atoms with Crippen LogP contribution in [0.1, 0.15) is 25.8 Å². The number of aromatic amines is 1. The second-order valence-corrected chi connectivity index (χ2v) is 5.46. The van der Waals surface area contributed by atoms with Crippen molar-refractivity contribution in [2.75, 3.05) is 6.54 Å². The minimum absolute atomic E-state index is 0.0447. The smallest absolute Gasteiger partial charge is 0.225 e. The highest BCUT2D eigenvalue weighted by molar-refractivity contribution is 5.85. The number of amides is 1. The summed E-state index contributed by atoms with van der Waals surface area (Å²) in [6.07, 6.45) is 2.63. The first-order valence-electron chi connectivity index (χ1n) is 6.58. The second-order valence-electron chi connectivity index (χ2n) is 5.46. The third kappa shape index (κ3) is 2.96. The summed E-state index contributed by atoms with van der Waals surface area (Å²) in [5.41, 5.74) is 7.31. The molecule has 0 saturated heterocycles. The van der Waals surface area contributed by atoms with Gasteiger partial charge < -0.3 is 16.0 Å². The third-order valence-corrected chi connectivity index (χ3v) is 3.50. The quantitative estimate of drug-likeness (QED) is 0.770. The van der Waals surface area contributed by atoms with E-state index < -0.39 is 5.41 Å². The predicted molar refractivity (Wildman–Crippen MR) is 77.6 cm³/mol. The van der Waals surface area contributed by atoms with Crippen molar-refractivity contribution in [3.8, 4) is 0 Å². The van der Waals surface area contributed by atoms with Crippen molar-refractivity contribution in [3.05, 3.63) is 36.0 Å². The maximum absolute atomic E-state index is 12.1. The number of carbonyl (C=O) groups is 1. The fraction of sp³-hybridized carbons (Fsp3) is 0.400. The van der Waals surface area contributed by atoms with Gasteiger partial charge in [0, 0.05) is 29.1 Å². The Morgan fingerprint density at radius 3 is 2.84 bits per heavy atom. The van der Waals surface area contributed by atoms with Crippen LogP contribution in [-0.2, 0) is 11.3 Å². The number of hydrogen-bond donors (Lipinski definition) is 3. The molecule has 0 bridgehead atoms. The molecule has 0 fully saturated rings. The lowest BCUT2D eigenvalue weighted by atomic mass is 9.88. The zero-order valence-electron chi connectivity index (χ0n) is 11.5. The molecular formula is C15H21N3O. The van der Waals surface area contributed by atoms with E-state index in [1.54, 1.807) is 0 Å². The van der Waals surface area contributed by atoms with E-state index in [2.05, 4.69) is 16.4 Å². The maximum Gasteiger partial charge on any atom is 0.225 e. The van der Waals surface area contributed by atoms with Crippen molar-refractivity contribution in [1.82, 2.24) is 10.3 Å². The Balaban J connectivity index is 2.05. The molecule has 2 rings (SSSR count). The molecule has 1 heterocycles. The van der Waals surface area contributed by atoms with Crippen molar-refractivity contribution in [2.45, 2.75) is 26.8 Å². The van der Waals surface area contributed by atoms with E-state index in [0.717, 1.165) is 16.5 Å². The average Bonchev–Trinajstić information content (AvgIpc) is 2.79. The van der Waals surface area contributed by atoms with E-state index in [1.807, 2.05) is 38.2 Å². The maximum atomic E-state index is 12.1. The van der Waals surface area contributed by atoms with Crippen LogP contribution in [0.25, 0.3) is 10.9 Å². The normalized spacial score (nSPS) is 11.7. The number of carbonyl (C=O) groups excluding carboxylic acids is 1. The van der Waals surface area contributed by atoms with Gasteiger partial charge in [-0.25, -0.2) is 0 Å². The molecule has 0 radical (unpaired) electrons. The molecule has 1 amide bonds. The molecule has 0 aliphatic heterocycles. The SMILES string of the molecule is CC(C)(CCN)C(=O)NCc1c[nH]c2ccccc12. The van der Waals surface area contributed by atoms with Gasteiger partial charge in [-0.1, -0.05) is 32.0 Å². The largest absolute Gasteiger partial charge is 0.361 e. The van der Waals surface area contributed by atoms with E-state index in [4.69, 9.17) is 5.73 Å². The van der Waals surface area contributed by atoms with Gasteiger partial charge in [-0.2, -0.15) is 0 Å². The Kier molecular flexibility index (Phi) is 3.90. The summed E-state index contributed by atoms with van der Waals surface area (Å²) in [5.74, 6) is 0.0447. The molecule has 4 heteroatoms. The minimum Gasteiger partial charge on any atom is -0.361 e. The molecule has 4 N–H and O–H groups in total.